The summed E-state index contributed by atoms with van der Waals surface area (Å²) in [5.41, 5.74) is 8.20. The molecule has 0 amide bonds. The number of anilines is 1. The molecule has 100 valence electrons. The highest BCUT2D eigenvalue weighted by molar-refractivity contribution is 5.49. The van der Waals surface area contributed by atoms with Crippen molar-refractivity contribution in [2.75, 3.05) is 24.6 Å². The molecule has 3 nitrogen and oxygen atoms in total. The Hall–Kier alpha value is -1.06. The number of hydrogen-bond donors (Lipinski definition) is 1. The smallest absolute Gasteiger partial charge is 0.0723 e. The fourth-order valence-electron chi connectivity index (χ4n) is 2.52. The van der Waals surface area contributed by atoms with Crippen molar-refractivity contribution in [3.05, 3.63) is 29.8 Å². The quantitative estimate of drug-likeness (QED) is 0.887. The van der Waals surface area contributed by atoms with Gasteiger partial charge in [0.1, 0.15) is 0 Å². The van der Waals surface area contributed by atoms with Crippen LogP contribution in [0.4, 0.5) is 5.69 Å². The molecule has 1 aromatic rings. The summed E-state index contributed by atoms with van der Waals surface area (Å²) in [6.45, 7) is 6.89. The minimum atomic E-state index is 0.316. The molecule has 1 aliphatic rings. The predicted octanol–water partition coefficient (Wildman–Crippen LogP) is 2.19. The van der Waals surface area contributed by atoms with E-state index in [4.69, 9.17) is 10.5 Å². The summed E-state index contributed by atoms with van der Waals surface area (Å²) in [6.07, 6.45) is 2.39. The molecule has 0 spiro atoms. The molecule has 1 heterocycles. The van der Waals surface area contributed by atoms with Gasteiger partial charge in [0.2, 0.25) is 0 Å². The van der Waals surface area contributed by atoms with Crippen molar-refractivity contribution in [1.29, 1.82) is 0 Å². The second-order valence-corrected chi connectivity index (χ2v) is 5.06. The Balaban J connectivity index is 2.12. The molecule has 0 bridgehead atoms. The van der Waals surface area contributed by atoms with E-state index in [1.807, 2.05) is 0 Å². The third-order valence-electron chi connectivity index (χ3n) is 3.64. The van der Waals surface area contributed by atoms with Crippen molar-refractivity contribution in [2.24, 2.45) is 5.73 Å². The zero-order valence-corrected chi connectivity index (χ0v) is 11.4. The molecule has 3 heteroatoms. The van der Waals surface area contributed by atoms with Gasteiger partial charge in [-0.3, -0.25) is 0 Å². The van der Waals surface area contributed by atoms with Crippen LogP contribution in [0, 0.1) is 0 Å². The Morgan fingerprint density at radius 1 is 1.33 bits per heavy atom. The van der Waals surface area contributed by atoms with Crippen LogP contribution in [0.3, 0.4) is 0 Å². The van der Waals surface area contributed by atoms with Crippen LogP contribution in [0.5, 0.6) is 0 Å². The zero-order valence-electron chi connectivity index (χ0n) is 11.4. The molecule has 1 aromatic carbocycles. The highest BCUT2D eigenvalue weighted by Gasteiger charge is 2.25. The van der Waals surface area contributed by atoms with Gasteiger partial charge >= 0.3 is 0 Å². The summed E-state index contributed by atoms with van der Waals surface area (Å²) < 4.78 is 5.74. The molecule has 0 aromatic heterocycles. The lowest BCUT2D eigenvalue weighted by Crippen LogP contribution is -2.48. The van der Waals surface area contributed by atoms with Crippen molar-refractivity contribution in [1.82, 2.24) is 0 Å². The molecule has 1 fully saturated rings. The van der Waals surface area contributed by atoms with Gasteiger partial charge < -0.3 is 15.4 Å². The first-order valence-electron chi connectivity index (χ1n) is 6.91. The summed E-state index contributed by atoms with van der Waals surface area (Å²) in [5, 5.41) is 0. The van der Waals surface area contributed by atoms with E-state index in [0.717, 1.165) is 26.0 Å². The van der Waals surface area contributed by atoms with Crippen molar-refractivity contribution >= 4 is 5.69 Å². The number of hydrogen-bond acceptors (Lipinski definition) is 3. The SMILES string of the molecule is CCC1COC(C)CN1c1ccc(CCN)cc1. The maximum absolute atomic E-state index is 5.74. The Kier molecular flexibility index (Phi) is 4.61. The standard InChI is InChI=1S/C15H24N2O/c1-3-14-11-18-12(2)10-17(14)15-6-4-13(5-7-15)8-9-16/h4-7,12,14H,3,8-11,16H2,1-2H3. The van der Waals surface area contributed by atoms with Crippen LogP contribution in [0.2, 0.25) is 0 Å². The van der Waals surface area contributed by atoms with E-state index in [9.17, 15) is 0 Å². The molecule has 1 saturated heterocycles. The minimum absolute atomic E-state index is 0.316. The first-order chi connectivity index (χ1) is 8.74. The fraction of sp³-hybridized carbons (Fsp3) is 0.600. The van der Waals surface area contributed by atoms with Gasteiger partial charge in [0.05, 0.1) is 18.8 Å². The van der Waals surface area contributed by atoms with Crippen molar-refractivity contribution in [3.8, 4) is 0 Å². The molecule has 2 rings (SSSR count). The molecule has 0 radical (unpaired) electrons. The van der Waals surface area contributed by atoms with E-state index >= 15 is 0 Å². The molecular formula is C15H24N2O. The van der Waals surface area contributed by atoms with E-state index in [1.165, 1.54) is 11.3 Å². The van der Waals surface area contributed by atoms with E-state index in [1.54, 1.807) is 0 Å². The second kappa shape index (κ2) is 6.21. The molecule has 0 saturated carbocycles. The Bertz CT molecular complexity index is 363. The number of morpholine rings is 1. The van der Waals surface area contributed by atoms with Crippen LogP contribution in [-0.2, 0) is 11.2 Å². The van der Waals surface area contributed by atoms with Gasteiger partial charge in [-0.05, 0) is 44.0 Å². The average Bonchev–Trinajstić information content (AvgIpc) is 2.40. The Labute approximate surface area is 110 Å². The normalized spacial score (nSPS) is 24.3. The fourth-order valence-corrected chi connectivity index (χ4v) is 2.52. The van der Waals surface area contributed by atoms with E-state index in [2.05, 4.69) is 43.0 Å². The molecule has 18 heavy (non-hydrogen) atoms. The largest absolute Gasteiger partial charge is 0.375 e. The number of ether oxygens (including phenoxy) is 1. The van der Waals surface area contributed by atoms with Gasteiger partial charge in [0, 0.05) is 12.2 Å². The maximum atomic E-state index is 5.74. The maximum Gasteiger partial charge on any atom is 0.0723 e. The van der Waals surface area contributed by atoms with E-state index in [0.29, 0.717) is 18.7 Å². The molecule has 2 unspecified atom stereocenters. The summed E-state index contributed by atoms with van der Waals surface area (Å²) in [7, 11) is 0. The summed E-state index contributed by atoms with van der Waals surface area (Å²) >= 11 is 0. The third-order valence-corrected chi connectivity index (χ3v) is 3.64. The number of nitrogens with zero attached hydrogens (tertiary/aromatic N) is 1. The van der Waals surface area contributed by atoms with Crippen molar-refractivity contribution < 1.29 is 4.74 Å². The van der Waals surface area contributed by atoms with Crippen LogP contribution in [-0.4, -0.2) is 31.8 Å². The predicted molar refractivity (Wildman–Crippen MR) is 76.0 cm³/mol. The second-order valence-electron chi connectivity index (χ2n) is 5.06. The van der Waals surface area contributed by atoms with E-state index in [-0.39, 0.29) is 0 Å². The van der Waals surface area contributed by atoms with Crippen LogP contribution >= 0.6 is 0 Å². The Morgan fingerprint density at radius 3 is 2.67 bits per heavy atom. The summed E-state index contributed by atoms with van der Waals surface area (Å²) in [4.78, 5) is 2.47. The summed E-state index contributed by atoms with van der Waals surface area (Å²) in [6, 6.07) is 9.31. The monoisotopic (exact) mass is 248 g/mol. The highest BCUT2D eigenvalue weighted by atomic mass is 16.5. The lowest BCUT2D eigenvalue weighted by molar-refractivity contribution is 0.0299. The molecule has 0 aliphatic carbocycles. The third kappa shape index (κ3) is 3.03. The van der Waals surface area contributed by atoms with Crippen LogP contribution in [0.25, 0.3) is 0 Å². The summed E-state index contributed by atoms with van der Waals surface area (Å²) in [5.74, 6) is 0. The van der Waals surface area contributed by atoms with Gasteiger partial charge in [0.25, 0.3) is 0 Å². The minimum Gasteiger partial charge on any atom is -0.375 e. The zero-order chi connectivity index (χ0) is 13.0. The van der Waals surface area contributed by atoms with Gasteiger partial charge in [-0.15, -0.1) is 0 Å². The van der Waals surface area contributed by atoms with Gasteiger partial charge in [-0.25, -0.2) is 0 Å². The lowest BCUT2D eigenvalue weighted by atomic mass is 10.1. The lowest BCUT2D eigenvalue weighted by Gasteiger charge is -2.40. The molecule has 2 atom stereocenters. The average molecular weight is 248 g/mol. The van der Waals surface area contributed by atoms with Gasteiger partial charge in [-0.2, -0.15) is 0 Å². The topological polar surface area (TPSA) is 38.5 Å². The van der Waals surface area contributed by atoms with Gasteiger partial charge in [-0.1, -0.05) is 19.1 Å². The van der Waals surface area contributed by atoms with Crippen LogP contribution < -0.4 is 10.6 Å². The molecule has 1 aliphatic heterocycles. The number of benzene rings is 1. The van der Waals surface area contributed by atoms with Gasteiger partial charge in [0.15, 0.2) is 0 Å². The van der Waals surface area contributed by atoms with E-state index < -0.39 is 0 Å². The number of nitrogens with two attached hydrogens (primary N) is 1. The Morgan fingerprint density at radius 2 is 2.06 bits per heavy atom. The van der Waals surface area contributed by atoms with Crippen molar-refractivity contribution in [2.45, 2.75) is 38.8 Å². The molecular weight excluding hydrogens is 224 g/mol. The van der Waals surface area contributed by atoms with Crippen molar-refractivity contribution in [3.63, 3.8) is 0 Å². The highest BCUT2D eigenvalue weighted by Crippen LogP contribution is 2.23. The first kappa shape index (κ1) is 13.4. The van der Waals surface area contributed by atoms with Crippen LogP contribution in [0.15, 0.2) is 24.3 Å². The number of rotatable bonds is 4. The molecule has 2 N–H and O–H groups in total. The first-order valence-corrected chi connectivity index (χ1v) is 6.91. The van der Waals surface area contributed by atoms with Crippen LogP contribution in [0.1, 0.15) is 25.8 Å².